The van der Waals surface area contributed by atoms with E-state index in [0.717, 1.165) is 10.9 Å². The van der Waals surface area contributed by atoms with E-state index in [1.165, 1.54) is 6.07 Å². The first-order valence-corrected chi connectivity index (χ1v) is 6.03. The van der Waals surface area contributed by atoms with Crippen molar-refractivity contribution in [2.75, 3.05) is 0 Å². The lowest BCUT2D eigenvalue weighted by Crippen LogP contribution is -2.02. The van der Waals surface area contributed by atoms with Crippen molar-refractivity contribution in [2.24, 2.45) is 0 Å². The van der Waals surface area contributed by atoms with E-state index in [4.69, 9.17) is 0 Å². The van der Waals surface area contributed by atoms with Crippen molar-refractivity contribution in [1.29, 1.82) is 0 Å². The summed E-state index contributed by atoms with van der Waals surface area (Å²) in [6.07, 6.45) is 0.717. The summed E-state index contributed by atoms with van der Waals surface area (Å²) in [7, 11) is 0. The molecule has 19 heavy (non-hydrogen) atoms. The van der Waals surface area contributed by atoms with Gasteiger partial charge in [-0.1, -0.05) is 36.4 Å². The van der Waals surface area contributed by atoms with E-state index in [1.807, 2.05) is 18.2 Å². The van der Waals surface area contributed by atoms with Gasteiger partial charge in [0.25, 0.3) is 0 Å². The second-order valence-electron chi connectivity index (χ2n) is 4.38. The van der Waals surface area contributed by atoms with Gasteiger partial charge in [-0.2, -0.15) is 0 Å². The summed E-state index contributed by atoms with van der Waals surface area (Å²) in [4.78, 5) is 4.24. The zero-order valence-electron chi connectivity index (χ0n) is 10.1. The normalized spacial score (nSPS) is 12.5. The zero-order chi connectivity index (χ0) is 13.2. The topological polar surface area (TPSA) is 33.1 Å². The quantitative estimate of drug-likeness (QED) is 0.758. The van der Waals surface area contributed by atoms with Crippen LogP contribution in [0.1, 0.15) is 17.2 Å². The summed E-state index contributed by atoms with van der Waals surface area (Å²) in [5, 5.41) is 11.3. The van der Waals surface area contributed by atoms with Crippen LogP contribution >= 0.6 is 0 Å². The van der Waals surface area contributed by atoms with Crippen molar-refractivity contribution < 1.29 is 9.50 Å². The van der Waals surface area contributed by atoms with E-state index in [-0.39, 0.29) is 5.56 Å². The van der Waals surface area contributed by atoms with Crippen LogP contribution in [0.15, 0.2) is 60.8 Å². The van der Waals surface area contributed by atoms with Crippen molar-refractivity contribution in [3.8, 4) is 0 Å². The molecule has 0 amide bonds. The predicted octanol–water partition coefficient (Wildman–Crippen LogP) is 3.46. The lowest BCUT2D eigenvalue weighted by Gasteiger charge is -2.12. The SMILES string of the molecule is OC(c1ccc2cccnc2c1)c1ccccc1F. The number of halogens is 1. The first kappa shape index (κ1) is 11.8. The van der Waals surface area contributed by atoms with Gasteiger partial charge in [-0.3, -0.25) is 4.98 Å². The monoisotopic (exact) mass is 253 g/mol. The van der Waals surface area contributed by atoms with Gasteiger partial charge < -0.3 is 5.11 Å². The van der Waals surface area contributed by atoms with Crippen LogP contribution in [0.3, 0.4) is 0 Å². The van der Waals surface area contributed by atoms with Crippen molar-refractivity contribution in [1.82, 2.24) is 4.98 Å². The molecular formula is C16H12FNO. The number of hydrogen-bond donors (Lipinski definition) is 1. The van der Waals surface area contributed by atoms with Gasteiger partial charge in [-0.25, -0.2) is 4.39 Å². The van der Waals surface area contributed by atoms with E-state index in [0.29, 0.717) is 5.56 Å². The number of nitrogens with zero attached hydrogens (tertiary/aromatic N) is 1. The third kappa shape index (κ3) is 2.20. The fourth-order valence-electron chi connectivity index (χ4n) is 2.13. The predicted molar refractivity (Wildman–Crippen MR) is 72.2 cm³/mol. The maximum absolute atomic E-state index is 13.7. The van der Waals surface area contributed by atoms with E-state index < -0.39 is 11.9 Å². The van der Waals surface area contributed by atoms with Gasteiger partial charge in [0.1, 0.15) is 11.9 Å². The Morgan fingerprint density at radius 3 is 2.68 bits per heavy atom. The van der Waals surface area contributed by atoms with E-state index >= 15 is 0 Å². The molecule has 0 bridgehead atoms. The van der Waals surface area contributed by atoms with Crippen LogP contribution in [-0.4, -0.2) is 10.1 Å². The van der Waals surface area contributed by atoms with Crippen LogP contribution in [0.4, 0.5) is 4.39 Å². The number of pyridine rings is 1. The maximum atomic E-state index is 13.7. The van der Waals surface area contributed by atoms with E-state index in [9.17, 15) is 9.50 Å². The van der Waals surface area contributed by atoms with Crippen LogP contribution in [-0.2, 0) is 0 Å². The molecule has 2 nitrogen and oxygen atoms in total. The summed E-state index contributed by atoms with van der Waals surface area (Å²) in [6, 6.07) is 15.5. The Kier molecular flexibility index (Phi) is 2.97. The van der Waals surface area contributed by atoms with Crippen molar-refractivity contribution in [2.45, 2.75) is 6.10 Å². The van der Waals surface area contributed by atoms with Gasteiger partial charge in [-0.05, 0) is 23.8 Å². The number of rotatable bonds is 2. The molecule has 3 heteroatoms. The summed E-state index contributed by atoms with van der Waals surface area (Å²) >= 11 is 0. The van der Waals surface area contributed by atoms with E-state index in [2.05, 4.69) is 4.98 Å². The number of aromatic nitrogens is 1. The molecule has 1 heterocycles. The van der Waals surface area contributed by atoms with Crippen LogP contribution in [0.5, 0.6) is 0 Å². The molecule has 0 saturated heterocycles. The highest BCUT2D eigenvalue weighted by molar-refractivity contribution is 5.79. The van der Waals surface area contributed by atoms with Gasteiger partial charge in [0.2, 0.25) is 0 Å². The molecule has 0 spiro atoms. The third-order valence-electron chi connectivity index (χ3n) is 3.15. The molecule has 0 aliphatic carbocycles. The molecule has 1 unspecified atom stereocenters. The summed E-state index contributed by atoms with van der Waals surface area (Å²) in [5.41, 5.74) is 1.70. The molecule has 0 radical (unpaired) electrons. The van der Waals surface area contributed by atoms with Gasteiger partial charge in [-0.15, -0.1) is 0 Å². The Bertz CT molecular complexity index is 727. The Morgan fingerprint density at radius 2 is 1.84 bits per heavy atom. The molecule has 3 aromatic rings. The molecule has 1 N–H and O–H groups in total. The van der Waals surface area contributed by atoms with Crippen molar-refractivity contribution in [3.05, 3.63) is 77.7 Å². The second kappa shape index (κ2) is 4.78. The molecule has 1 atom stereocenters. The van der Waals surface area contributed by atoms with Gasteiger partial charge in [0.05, 0.1) is 5.52 Å². The summed E-state index contributed by atoms with van der Waals surface area (Å²) in [5.74, 6) is -0.406. The maximum Gasteiger partial charge on any atom is 0.129 e. The first-order chi connectivity index (χ1) is 9.25. The Balaban J connectivity index is 2.07. The lowest BCUT2D eigenvalue weighted by atomic mass is 10.00. The Morgan fingerprint density at radius 1 is 1.00 bits per heavy atom. The number of hydrogen-bond acceptors (Lipinski definition) is 2. The largest absolute Gasteiger partial charge is 0.384 e. The number of aliphatic hydroxyl groups excluding tert-OH is 1. The summed E-state index contributed by atoms with van der Waals surface area (Å²) < 4.78 is 13.7. The van der Waals surface area contributed by atoms with Crippen LogP contribution in [0.25, 0.3) is 10.9 Å². The summed E-state index contributed by atoms with van der Waals surface area (Å²) in [6.45, 7) is 0. The molecule has 0 aliphatic heterocycles. The molecule has 94 valence electrons. The minimum absolute atomic E-state index is 0.276. The smallest absolute Gasteiger partial charge is 0.129 e. The molecule has 3 rings (SSSR count). The standard InChI is InChI=1S/C16H12FNO/c17-14-6-2-1-5-13(14)16(19)12-8-7-11-4-3-9-18-15(11)10-12/h1-10,16,19H. The fourth-order valence-corrected chi connectivity index (χ4v) is 2.13. The van der Waals surface area contributed by atoms with Crippen molar-refractivity contribution in [3.63, 3.8) is 0 Å². The average molecular weight is 253 g/mol. The van der Waals surface area contributed by atoms with E-state index in [1.54, 1.807) is 36.5 Å². The molecule has 0 saturated carbocycles. The lowest BCUT2D eigenvalue weighted by molar-refractivity contribution is 0.215. The number of benzene rings is 2. The molecular weight excluding hydrogens is 241 g/mol. The van der Waals surface area contributed by atoms with Gasteiger partial charge >= 0.3 is 0 Å². The second-order valence-corrected chi connectivity index (χ2v) is 4.38. The van der Waals surface area contributed by atoms with Gasteiger partial charge in [0.15, 0.2) is 0 Å². The number of aliphatic hydroxyl groups is 1. The van der Waals surface area contributed by atoms with Crippen LogP contribution < -0.4 is 0 Å². The highest BCUT2D eigenvalue weighted by Gasteiger charge is 2.14. The highest BCUT2D eigenvalue weighted by atomic mass is 19.1. The molecule has 0 aliphatic rings. The molecule has 2 aromatic carbocycles. The Labute approximate surface area is 110 Å². The zero-order valence-corrected chi connectivity index (χ0v) is 10.1. The molecule has 1 aromatic heterocycles. The highest BCUT2D eigenvalue weighted by Crippen LogP contribution is 2.26. The molecule has 0 fully saturated rings. The van der Waals surface area contributed by atoms with Gasteiger partial charge in [0, 0.05) is 17.1 Å². The van der Waals surface area contributed by atoms with Crippen molar-refractivity contribution >= 4 is 10.9 Å². The Hall–Kier alpha value is -2.26. The minimum atomic E-state index is -0.979. The van der Waals surface area contributed by atoms with Crippen LogP contribution in [0.2, 0.25) is 0 Å². The minimum Gasteiger partial charge on any atom is -0.384 e. The van der Waals surface area contributed by atoms with Crippen LogP contribution in [0, 0.1) is 5.82 Å². The number of fused-ring (bicyclic) bond motifs is 1. The first-order valence-electron chi connectivity index (χ1n) is 6.03. The third-order valence-corrected chi connectivity index (χ3v) is 3.15. The fraction of sp³-hybridized carbons (Fsp3) is 0.0625. The average Bonchev–Trinajstić information content (AvgIpc) is 2.46.